The Morgan fingerprint density at radius 2 is 2.15 bits per heavy atom. The summed E-state index contributed by atoms with van der Waals surface area (Å²) < 4.78 is 45.0. The number of hydrogen-bond donors (Lipinski definition) is 1. The van der Waals surface area contributed by atoms with Gasteiger partial charge in [-0.15, -0.1) is 10.2 Å². The molecule has 3 aromatic rings. The highest BCUT2D eigenvalue weighted by Gasteiger charge is 2.39. The van der Waals surface area contributed by atoms with E-state index in [0.29, 0.717) is 4.68 Å². The fraction of sp³-hybridized carbons (Fsp3) is 0.308. The molecule has 26 heavy (non-hydrogen) atoms. The number of rotatable bonds is 5. The van der Waals surface area contributed by atoms with Crippen LogP contribution in [0.5, 0.6) is 11.6 Å². The van der Waals surface area contributed by atoms with Crippen LogP contribution in [0.15, 0.2) is 6.07 Å². The number of aromatic amines is 1. The fourth-order valence-electron chi connectivity index (χ4n) is 2.24. The number of carboxylic acids is 1. The van der Waals surface area contributed by atoms with Gasteiger partial charge in [0.2, 0.25) is 5.65 Å². The molecule has 3 rings (SSSR count). The maximum atomic E-state index is 13.0. The van der Waals surface area contributed by atoms with Crippen LogP contribution in [0.1, 0.15) is 17.8 Å². The van der Waals surface area contributed by atoms with Gasteiger partial charge in [0, 0.05) is 19.1 Å². The molecule has 0 atom stereocenters. The van der Waals surface area contributed by atoms with Gasteiger partial charge in [0.25, 0.3) is 5.88 Å². The fourth-order valence-corrected chi connectivity index (χ4v) is 2.55. The summed E-state index contributed by atoms with van der Waals surface area (Å²) in [5.74, 6) is -1.87. The average molecular weight is 390 g/mol. The molecule has 1 N–H and O–H groups in total. The van der Waals surface area contributed by atoms with Gasteiger partial charge in [-0.25, -0.2) is 4.98 Å². The number of carbonyl (C=O) groups excluding carboxylic acids is 1. The lowest BCUT2D eigenvalue weighted by Crippen LogP contribution is -2.22. The summed E-state index contributed by atoms with van der Waals surface area (Å²) in [6, 6.07) is 1.34. The summed E-state index contributed by atoms with van der Waals surface area (Å²) in [5.41, 5.74) is -0.596. The van der Waals surface area contributed by atoms with Gasteiger partial charge in [-0.2, -0.15) is 23.5 Å². The maximum absolute atomic E-state index is 13.0. The molecule has 0 aliphatic heterocycles. The second-order valence-electron chi connectivity index (χ2n) is 5.16. The van der Waals surface area contributed by atoms with Gasteiger partial charge in [0.05, 0.1) is 5.69 Å². The van der Waals surface area contributed by atoms with E-state index < -0.39 is 28.7 Å². The van der Waals surface area contributed by atoms with Crippen molar-refractivity contribution >= 4 is 28.7 Å². The van der Waals surface area contributed by atoms with Crippen LogP contribution < -0.4 is 9.84 Å². The number of nitrogens with zero attached hydrogens (tertiary/aromatic N) is 5. The third-order valence-electron chi connectivity index (χ3n) is 3.35. The molecule has 3 aromatic heterocycles. The minimum absolute atomic E-state index is 0.0404. The zero-order valence-electron chi connectivity index (χ0n) is 13.0. The van der Waals surface area contributed by atoms with E-state index in [-0.39, 0.29) is 35.4 Å². The number of halogens is 4. The Morgan fingerprint density at radius 1 is 1.42 bits per heavy atom. The van der Waals surface area contributed by atoms with Gasteiger partial charge in [-0.3, -0.25) is 4.68 Å². The third kappa shape index (κ3) is 3.40. The van der Waals surface area contributed by atoms with Crippen molar-refractivity contribution in [3.05, 3.63) is 22.5 Å². The highest BCUT2D eigenvalue weighted by Crippen LogP contribution is 2.40. The van der Waals surface area contributed by atoms with Crippen molar-refractivity contribution in [2.75, 3.05) is 0 Å². The molecule has 0 bridgehead atoms. The minimum atomic E-state index is -4.73. The molecule has 0 saturated carbocycles. The lowest BCUT2D eigenvalue weighted by atomic mass is 10.2. The number of hydrogen-bond acceptors (Lipinski definition) is 7. The summed E-state index contributed by atoms with van der Waals surface area (Å²) in [7, 11) is 1.07. The van der Waals surface area contributed by atoms with Crippen LogP contribution in [0.4, 0.5) is 13.2 Å². The first-order valence-electron chi connectivity index (χ1n) is 7.04. The second kappa shape index (κ2) is 6.44. The van der Waals surface area contributed by atoms with E-state index in [0.717, 1.165) is 7.05 Å². The van der Waals surface area contributed by atoms with Crippen molar-refractivity contribution in [1.82, 2.24) is 30.2 Å². The van der Waals surface area contributed by atoms with Gasteiger partial charge < -0.3 is 14.6 Å². The van der Waals surface area contributed by atoms with Crippen LogP contribution in [-0.2, 0) is 24.4 Å². The number of aliphatic carboxylic acids is 1. The first-order valence-corrected chi connectivity index (χ1v) is 7.42. The molecular formula is C13H9ClF3N6O3-. The Balaban J connectivity index is 2.02. The number of aromatic nitrogens is 6. The van der Waals surface area contributed by atoms with Gasteiger partial charge in [-0.05, 0) is 12.8 Å². The summed E-state index contributed by atoms with van der Waals surface area (Å²) in [6.07, 6.45) is -5.21. The second-order valence-corrected chi connectivity index (χ2v) is 5.54. The molecule has 9 nitrogen and oxygen atoms in total. The predicted molar refractivity (Wildman–Crippen MR) is 78.3 cm³/mol. The van der Waals surface area contributed by atoms with E-state index in [2.05, 4.69) is 25.5 Å². The number of alkyl halides is 3. The number of carboxylic acid groups (broad SMARTS) is 1. The lowest BCUT2D eigenvalue weighted by Gasteiger charge is -2.09. The van der Waals surface area contributed by atoms with Crippen molar-refractivity contribution in [2.45, 2.75) is 19.0 Å². The monoisotopic (exact) mass is 389 g/mol. The number of fused-ring (bicyclic) bond motifs is 1. The van der Waals surface area contributed by atoms with Crippen LogP contribution >= 0.6 is 11.6 Å². The number of ether oxygens (including phenoxy) is 1. The lowest BCUT2D eigenvalue weighted by molar-refractivity contribution is -0.305. The molecule has 0 fully saturated rings. The van der Waals surface area contributed by atoms with Gasteiger partial charge in [0.1, 0.15) is 10.5 Å². The molecule has 0 unspecified atom stereocenters. The largest absolute Gasteiger partial charge is 0.550 e. The Bertz CT molecular complexity index is 984. The molecule has 0 spiro atoms. The molecule has 0 saturated heterocycles. The summed E-state index contributed by atoms with van der Waals surface area (Å²) >= 11 is 5.75. The van der Waals surface area contributed by atoms with Crippen molar-refractivity contribution in [3.8, 4) is 11.6 Å². The highest BCUT2D eigenvalue weighted by molar-refractivity contribution is 6.32. The van der Waals surface area contributed by atoms with E-state index >= 15 is 0 Å². The van der Waals surface area contributed by atoms with Gasteiger partial charge >= 0.3 is 6.18 Å². The smallest absolute Gasteiger partial charge is 0.434 e. The summed E-state index contributed by atoms with van der Waals surface area (Å²) in [6.45, 7) is 0. The van der Waals surface area contributed by atoms with E-state index in [4.69, 9.17) is 16.3 Å². The molecule has 0 amide bonds. The number of aryl methyl sites for hydroxylation is 2. The van der Waals surface area contributed by atoms with Crippen LogP contribution in [0.25, 0.3) is 11.2 Å². The Morgan fingerprint density at radius 3 is 2.77 bits per heavy atom. The molecular weight excluding hydrogens is 381 g/mol. The number of carbonyl (C=O) groups is 1. The summed E-state index contributed by atoms with van der Waals surface area (Å²) in [4.78, 5) is 14.8. The average Bonchev–Trinajstić information content (AvgIpc) is 3.08. The standard InChI is InChI=1S/C13H10ClF3N6O3/c1-23-10(13(15,16)17)9(14)12(21-23)26-7-4-6-11(20-22-19-6)18-5(7)2-3-8(24)25/h4H,2-3H2,1H3,(H,24,25)(H,18,19,20,22)/p-1. The minimum Gasteiger partial charge on any atom is -0.550 e. The zero-order chi connectivity index (χ0) is 19.1. The van der Waals surface area contributed by atoms with Crippen LogP contribution in [0.2, 0.25) is 5.02 Å². The van der Waals surface area contributed by atoms with E-state index in [1.165, 1.54) is 6.07 Å². The molecule has 0 aliphatic rings. The molecule has 0 aromatic carbocycles. The normalized spacial score (nSPS) is 11.9. The molecule has 13 heteroatoms. The van der Waals surface area contributed by atoms with Gasteiger partial charge in [-0.1, -0.05) is 11.6 Å². The molecule has 3 heterocycles. The van der Waals surface area contributed by atoms with E-state index in [9.17, 15) is 23.1 Å². The SMILES string of the molecule is Cn1nc(Oc2cc3n[nH]nc3nc2CCC(=O)[O-])c(Cl)c1C(F)(F)F. The van der Waals surface area contributed by atoms with Crippen molar-refractivity contribution in [2.24, 2.45) is 7.05 Å². The maximum Gasteiger partial charge on any atom is 0.434 e. The van der Waals surface area contributed by atoms with Crippen molar-refractivity contribution < 1.29 is 27.8 Å². The quantitative estimate of drug-likeness (QED) is 0.696. The zero-order valence-corrected chi connectivity index (χ0v) is 13.7. The predicted octanol–water partition coefficient (Wildman–Crippen LogP) is 1.23. The highest BCUT2D eigenvalue weighted by atomic mass is 35.5. The van der Waals surface area contributed by atoms with Crippen LogP contribution in [0.3, 0.4) is 0 Å². The third-order valence-corrected chi connectivity index (χ3v) is 3.69. The van der Waals surface area contributed by atoms with E-state index in [1.807, 2.05) is 0 Å². The first-order chi connectivity index (χ1) is 12.2. The number of H-pyrrole nitrogens is 1. The Hall–Kier alpha value is -2.89. The van der Waals surface area contributed by atoms with Crippen LogP contribution in [-0.4, -0.2) is 36.1 Å². The van der Waals surface area contributed by atoms with Crippen molar-refractivity contribution in [3.63, 3.8) is 0 Å². The topological polar surface area (TPSA) is 122 Å². The Kier molecular flexibility index (Phi) is 4.44. The Labute approximate surface area is 147 Å². The number of pyridine rings is 1. The van der Waals surface area contributed by atoms with E-state index in [1.54, 1.807) is 0 Å². The van der Waals surface area contributed by atoms with Gasteiger partial charge in [0.15, 0.2) is 11.4 Å². The molecule has 138 valence electrons. The molecule has 0 radical (unpaired) electrons. The number of nitrogens with one attached hydrogen (secondary N) is 1. The molecule has 0 aliphatic carbocycles. The summed E-state index contributed by atoms with van der Waals surface area (Å²) in [5, 5.41) is 23.5. The van der Waals surface area contributed by atoms with Crippen LogP contribution in [0, 0.1) is 0 Å². The van der Waals surface area contributed by atoms with Crippen molar-refractivity contribution in [1.29, 1.82) is 0 Å². The first kappa shape index (κ1) is 17.9.